The molecule has 0 N–H and O–H groups in total. The molecule has 28 heavy (non-hydrogen) atoms. The molecule has 0 fully saturated rings. The summed E-state index contributed by atoms with van der Waals surface area (Å²) in [6.07, 6.45) is 0. The van der Waals surface area contributed by atoms with E-state index < -0.39 is 0 Å². The molecule has 5 rings (SSSR count). The highest BCUT2D eigenvalue weighted by atomic mass is 15.2. The van der Waals surface area contributed by atoms with Crippen LogP contribution in [0.4, 0.5) is 0 Å². The molecule has 0 saturated carbocycles. The van der Waals surface area contributed by atoms with Gasteiger partial charge >= 0.3 is 5.65 Å². The second-order valence-electron chi connectivity index (χ2n) is 7.05. The molecule has 3 aromatic carbocycles. The summed E-state index contributed by atoms with van der Waals surface area (Å²) in [6.45, 7) is 3.70. The van der Waals surface area contributed by atoms with Crippen LogP contribution in [0.5, 0.6) is 0 Å². The highest BCUT2D eigenvalue weighted by Gasteiger charge is 2.24. The Kier molecular flexibility index (Phi) is 4.09. The van der Waals surface area contributed by atoms with E-state index >= 15 is 0 Å². The van der Waals surface area contributed by atoms with Gasteiger partial charge in [0, 0.05) is 6.92 Å². The molecule has 0 atom stereocenters. The number of rotatable bonds is 4. The number of imidazole rings is 1. The van der Waals surface area contributed by atoms with Crippen LogP contribution in [0.3, 0.4) is 0 Å². The Morgan fingerprint density at radius 2 is 1.29 bits per heavy atom. The molecule has 0 aliphatic rings. The van der Waals surface area contributed by atoms with E-state index in [4.69, 9.17) is 9.97 Å². The Balaban J connectivity index is 1.73. The zero-order valence-electron chi connectivity index (χ0n) is 15.8. The quantitative estimate of drug-likeness (QED) is 0.446. The van der Waals surface area contributed by atoms with Crippen LogP contribution in [0, 0.1) is 6.92 Å². The smallest absolute Gasteiger partial charge is 0.237 e. The van der Waals surface area contributed by atoms with Crippen molar-refractivity contribution in [3.63, 3.8) is 0 Å². The molecule has 2 heterocycles. The molecule has 4 nitrogen and oxygen atoms in total. The van der Waals surface area contributed by atoms with Gasteiger partial charge in [0.05, 0.1) is 13.1 Å². The van der Waals surface area contributed by atoms with E-state index in [0.717, 1.165) is 41.2 Å². The molecular weight excluding hydrogens is 344 g/mol. The average molecular weight is 365 g/mol. The fourth-order valence-electron chi connectivity index (χ4n) is 3.71. The minimum Gasteiger partial charge on any atom is -0.237 e. The first kappa shape index (κ1) is 16.6. The van der Waals surface area contributed by atoms with Crippen LogP contribution in [0.25, 0.3) is 22.3 Å². The summed E-state index contributed by atoms with van der Waals surface area (Å²) in [7, 11) is 0. The normalized spacial score (nSPS) is 11.3. The van der Waals surface area contributed by atoms with Gasteiger partial charge in [-0.1, -0.05) is 77.8 Å². The molecule has 0 aliphatic carbocycles. The molecule has 0 unspecified atom stereocenters. The van der Waals surface area contributed by atoms with Crippen molar-refractivity contribution in [2.75, 3.05) is 0 Å². The molecule has 0 spiro atoms. The van der Waals surface area contributed by atoms with Gasteiger partial charge in [-0.2, -0.15) is 0 Å². The number of hydrogen-bond donors (Lipinski definition) is 0. The van der Waals surface area contributed by atoms with Gasteiger partial charge in [0.15, 0.2) is 5.52 Å². The SMILES string of the molecule is Cc1n(Cc2ccccc2)c2nc3ccccc3nc2[n+]1Cc1ccccc1. The predicted molar refractivity (Wildman–Crippen MR) is 111 cm³/mol. The van der Waals surface area contributed by atoms with Crippen LogP contribution in [0.1, 0.15) is 17.0 Å². The summed E-state index contributed by atoms with van der Waals surface area (Å²) >= 11 is 0. The van der Waals surface area contributed by atoms with Crippen LogP contribution in [-0.4, -0.2) is 14.5 Å². The van der Waals surface area contributed by atoms with Gasteiger partial charge in [-0.3, -0.25) is 0 Å². The van der Waals surface area contributed by atoms with E-state index in [1.54, 1.807) is 0 Å². The largest absolute Gasteiger partial charge is 0.323 e. The fourth-order valence-corrected chi connectivity index (χ4v) is 3.71. The monoisotopic (exact) mass is 365 g/mol. The standard InChI is InChI=1S/C24H21N4/c1-18-27(16-19-10-4-2-5-11-19)23-24(26-22-15-9-8-14-21(22)25-23)28(18)17-20-12-6-3-7-13-20/h2-15H,16-17H2,1H3/q+1. The Hall–Kier alpha value is -3.53. The summed E-state index contributed by atoms with van der Waals surface area (Å²) < 4.78 is 4.54. The topological polar surface area (TPSA) is 34.6 Å². The zero-order valence-corrected chi connectivity index (χ0v) is 15.8. The number of aromatic nitrogens is 4. The van der Waals surface area contributed by atoms with E-state index in [2.05, 4.69) is 64.6 Å². The first-order valence-electron chi connectivity index (χ1n) is 9.53. The van der Waals surface area contributed by atoms with Crippen molar-refractivity contribution >= 4 is 22.3 Å². The van der Waals surface area contributed by atoms with Crippen LogP contribution >= 0.6 is 0 Å². The molecule has 0 saturated heterocycles. The van der Waals surface area contributed by atoms with Gasteiger partial charge in [0.1, 0.15) is 5.52 Å². The Morgan fingerprint density at radius 3 is 1.96 bits per heavy atom. The number of benzene rings is 3. The van der Waals surface area contributed by atoms with Crippen molar-refractivity contribution in [3.8, 4) is 0 Å². The summed E-state index contributed by atoms with van der Waals surface area (Å²) in [6, 6.07) is 29.1. The molecule has 2 aromatic heterocycles. The van der Waals surface area contributed by atoms with Crippen LogP contribution in [0.2, 0.25) is 0 Å². The Bertz CT molecular complexity index is 1160. The van der Waals surface area contributed by atoms with Crippen LogP contribution < -0.4 is 4.57 Å². The summed E-state index contributed by atoms with van der Waals surface area (Å²) in [4.78, 5) is 9.95. The first-order valence-corrected chi connectivity index (χ1v) is 9.53. The number of fused-ring (bicyclic) bond motifs is 2. The molecule has 136 valence electrons. The lowest BCUT2D eigenvalue weighted by atomic mass is 10.2. The predicted octanol–water partition coefficient (Wildman–Crippen LogP) is 4.28. The van der Waals surface area contributed by atoms with Crippen LogP contribution in [-0.2, 0) is 13.1 Å². The van der Waals surface area contributed by atoms with E-state index in [1.165, 1.54) is 11.1 Å². The van der Waals surface area contributed by atoms with E-state index in [9.17, 15) is 0 Å². The van der Waals surface area contributed by atoms with Crippen molar-refractivity contribution in [1.29, 1.82) is 0 Å². The minimum absolute atomic E-state index is 0.776. The second-order valence-corrected chi connectivity index (χ2v) is 7.05. The van der Waals surface area contributed by atoms with Crippen molar-refractivity contribution in [1.82, 2.24) is 14.5 Å². The van der Waals surface area contributed by atoms with Crippen molar-refractivity contribution in [2.24, 2.45) is 0 Å². The third-order valence-corrected chi connectivity index (χ3v) is 5.19. The third-order valence-electron chi connectivity index (χ3n) is 5.19. The van der Waals surface area contributed by atoms with Gasteiger partial charge in [-0.25, -0.2) is 14.1 Å². The Morgan fingerprint density at radius 1 is 0.714 bits per heavy atom. The van der Waals surface area contributed by atoms with Gasteiger partial charge in [0.25, 0.3) is 5.65 Å². The number of para-hydroxylation sites is 2. The fraction of sp³-hybridized carbons (Fsp3) is 0.125. The van der Waals surface area contributed by atoms with Gasteiger partial charge in [0.2, 0.25) is 5.82 Å². The summed E-state index contributed by atoms with van der Waals surface area (Å²) in [5, 5.41) is 0. The van der Waals surface area contributed by atoms with E-state index in [-0.39, 0.29) is 0 Å². The molecule has 5 aromatic rings. The number of nitrogens with zero attached hydrogens (tertiary/aromatic N) is 4. The van der Waals surface area contributed by atoms with Gasteiger partial charge < -0.3 is 0 Å². The molecule has 4 heteroatoms. The van der Waals surface area contributed by atoms with Crippen molar-refractivity contribution in [2.45, 2.75) is 20.0 Å². The lowest BCUT2D eigenvalue weighted by molar-refractivity contribution is -0.671. The van der Waals surface area contributed by atoms with Crippen molar-refractivity contribution < 1.29 is 4.57 Å². The Labute approximate surface area is 163 Å². The molecule has 0 aliphatic heterocycles. The third kappa shape index (κ3) is 2.93. The molecule has 0 radical (unpaired) electrons. The van der Waals surface area contributed by atoms with Gasteiger partial charge in [-0.15, -0.1) is 0 Å². The lowest BCUT2D eigenvalue weighted by Crippen LogP contribution is -2.37. The summed E-state index contributed by atoms with van der Waals surface area (Å²) in [5.74, 6) is 1.15. The lowest BCUT2D eigenvalue weighted by Gasteiger charge is -2.04. The van der Waals surface area contributed by atoms with Crippen LogP contribution in [0.15, 0.2) is 84.9 Å². The van der Waals surface area contributed by atoms with E-state index in [1.807, 2.05) is 36.4 Å². The molecule has 0 bridgehead atoms. The highest BCUT2D eigenvalue weighted by Crippen LogP contribution is 2.18. The number of hydrogen-bond acceptors (Lipinski definition) is 2. The maximum Gasteiger partial charge on any atom is 0.323 e. The van der Waals surface area contributed by atoms with Gasteiger partial charge in [-0.05, 0) is 23.3 Å². The minimum atomic E-state index is 0.776. The summed E-state index contributed by atoms with van der Waals surface area (Å²) in [5.41, 5.74) is 6.21. The maximum absolute atomic E-state index is 4.98. The highest BCUT2D eigenvalue weighted by molar-refractivity contribution is 5.81. The first-order chi connectivity index (χ1) is 13.8. The van der Waals surface area contributed by atoms with Crippen molar-refractivity contribution in [3.05, 3.63) is 102 Å². The average Bonchev–Trinajstić information content (AvgIpc) is 2.99. The second kappa shape index (κ2) is 6.89. The molecular formula is C24H21N4+. The zero-order chi connectivity index (χ0) is 18.9. The maximum atomic E-state index is 4.98. The van der Waals surface area contributed by atoms with E-state index in [0.29, 0.717) is 0 Å². The molecule has 0 amide bonds.